The number of hydrogen-bond acceptors (Lipinski definition) is 3. The van der Waals surface area contributed by atoms with E-state index in [9.17, 15) is 18.0 Å². The highest BCUT2D eigenvalue weighted by atomic mass is 35.5. The van der Waals surface area contributed by atoms with Crippen molar-refractivity contribution in [2.45, 2.75) is 31.5 Å². The van der Waals surface area contributed by atoms with Crippen LogP contribution in [-0.4, -0.2) is 31.3 Å². The van der Waals surface area contributed by atoms with Crippen molar-refractivity contribution >= 4 is 24.0 Å². The molecule has 1 aromatic rings. The van der Waals surface area contributed by atoms with Crippen LogP contribution >= 0.6 is 12.4 Å². The van der Waals surface area contributed by atoms with E-state index in [2.05, 4.69) is 15.4 Å². The van der Waals surface area contributed by atoms with Gasteiger partial charge in [-0.25, -0.2) is 0 Å². The lowest BCUT2D eigenvalue weighted by Gasteiger charge is -2.22. The predicted molar refractivity (Wildman–Crippen MR) is 79.5 cm³/mol. The molecule has 1 atom stereocenters. The van der Waals surface area contributed by atoms with Crippen LogP contribution in [0.1, 0.15) is 19.3 Å². The van der Waals surface area contributed by atoms with Gasteiger partial charge in [-0.05, 0) is 43.7 Å². The molecule has 0 saturated carbocycles. The van der Waals surface area contributed by atoms with E-state index in [4.69, 9.17) is 0 Å². The van der Waals surface area contributed by atoms with Crippen LogP contribution in [0.2, 0.25) is 0 Å². The Morgan fingerprint density at radius 2 is 1.95 bits per heavy atom. The first kappa shape index (κ1) is 18.6. The Kier molecular flexibility index (Phi) is 6.96. The number of carbonyl (C=O) groups excluding carboxylic acids is 1. The largest absolute Gasteiger partial charge is 0.484 e. The van der Waals surface area contributed by atoms with E-state index in [0.717, 1.165) is 25.8 Å². The van der Waals surface area contributed by atoms with Crippen LogP contribution in [0.4, 0.5) is 18.9 Å². The van der Waals surface area contributed by atoms with Crippen LogP contribution in [0.5, 0.6) is 5.75 Å². The van der Waals surface area contributed by atoms with Gasteiger partial charge in [-0.1, -0.05) is 6.42 Å². The summed E-state index contributed by atoms with van der Waals surface area (Å²) >= 11 is 0. The second kappa shape index (κ2) is 8.24. The van der Waals surface area contributed by atoms with E-state index in [-0.39, 0.29) is 30.1 Å². The van der Waals surface area contributed by atoms with Gasteiger partial charge in [0.2, 0.25) is 5.91 Å². The number of carbonyl (C=O) groups is 1. The van der Waals surface area contributed by atoms with Crippen LogP contribution in [0, 0.1) is 0 Å². The summed E-state index contributed by atoms with van der Waals surface area (Å²) in [5.41, 5.74) is 0.534. The summed E-state index contributed by atoms with van der Waals surface area (Å²) in [7, 11) is 0. The fraction of sp³-hybridized carbons (Fsp3) is 0.500. The van der Waals surface area contributed by atoms with Gasteiger partial charge >= 0.3 is 6.18 Å². The summed E-state index contributed by atoms with van der Waals surface area (Å²) in [6.45, 7) is -0.507. The van der Waals surface area contributed by atoms with E-state index in [1.807, 2.05) is 0 Å². The standard InChI is InChI=1S/C14H17F3N2O2.ClH/c15-14(16,17)9-21-11-6-4-10(5-7-11)19-13(20)12-3-1-2-8-18-12;/h4-7,12,18H,1-3,8-9H2,(H,19,20);1H/t12-;/m0./s1. The van der Waals surface area contributed by atoms with E-state index >= 15 is 0 Å². The third kappa shape index (κ3) is 6.11. The molecular weight excluding hydrogens is 321 g/mol. The number of alkyl halides is 3. The minimum absolute atomic E-state index is 0. The summed E-state index contributed by atoms with van der Waals surface area (Å²) in [5, 5.41) is 5.86. The number of nitrogens with one attached hydrogen (secondary N) is 2. The molecular formula is C14H18ClF3N2O2. The van der Waals surface area contributed by atoms with Crippen LogP contribution in [0.15, 0.2) is 24.3 Å². The topological polar surface area (TPSA) is 50.4 Å². The molecule has 8 heteroatoms. The lowest BCUT2D eigenvalue weighted by molar-refractivity contribution is -0.153. The molecule has 22 heavy (non-hydrogen) atoms. The molecule has 1 aliphatic heterocycles. The Labute approximate surface area is 132 Å². The Hall–Kier alpha value is -1.47. The molecule has 0 bridgehead atoms. The molecule has 1 heterocycles. The van der Waals surface area contributed by atoms with Crippen LogP contribution in [-0.2, 0) is 4.79 Å². The number of hydrogen-bond donors (Lipinski definition) is 2. The number of ether oxygens (including phenoxy) is 1. The number of piperidine rings is 1. The van der Waals surface area contributed by atoms with Crippen molar-refractivity contribution in [3.63, 3.8) is 0 Å². The smallest absolute Gasteiger partial charge is 0.422 e. The quantitative estimate of drug-likeness (QED) is 0.887. The van der Waals surface area contributed by atoms with E-state index < -0.39 is 12.8 Å². The minimum atomic E-state index is -4.36. The number of benzene rings is 1. The van der Waals surface area contributed by atoms with E-state index in [1.54, 1.807) is 0 Å². The molecule has 1 aliphatic rings. The number of anilines is 1. The van der Waals surface area contributed by atoms with Gasteiger partial charge < -0.3 is 15.4 Å². The Balaban J connectivity index is 0.00000242. The minimum Gasteiger partial charge on any atom is -0.484 e. The first-order valence-corrected chi connectivity index (χ1v) is 6.78. The maximum atomic E-state index is 12.0. The van der Waals surface area contributed by atoms with Crippen molar-refractivity contribution in [3.8, 4) is 5.75 Å². The zero-order chi connectivity index (χ0) is 15.3. The molecule has 0 spiro atoms. The van der Waals surface area contributed by atoms with E-state index in [1.165, 1.54) is 24.3 Å². The fourth-order valence-corrected chi connectivity index (χ4v) is 2.10. The maximum Gasteiger partial charge on any atom is 0.422 e. The summed E-state index contributed by atoms with van der Waals surface area (Å²) < 4.78 is 40.6. The number of amides is 1. The zero-order valence-electron chi connectivity index (χ0n) is 11.8. The normalized spacial score (nSPS) is 18.2. The Morgan fingerprint density at radius 3 is 2.50 bits per heavy atom. The van der Waals surface area contributed by atoms with Crippen LogP contribution in [0.25, 0.3) is 0 Å². The lowest BCUT2D eigenvalue weighted by atomic mass is 10.0. The molecule has 0 aromatic heterocycles. The highest BCUT2D eigenvalue weighted by molar-refractivity contribution is 5.94. The molecule has 1 fully saturated rings. The highest BCUT2D eigenvalue weighted by Crippen LogP contribution is 2.20. The van der Waals surface area contributed by atoms with Gasteiger partial charge in [0.1, 0.15) is 5.75 Å². The third-order valence-corrected chi connectivity index (χ3v) is 3.15. The summed E-state index contributed by atoms with van der Waals surface area (Å²) in [6, 6.07) is 5.63. The number of halogens is 4. The Bertz CT molecular complexity index is 474. The maximum absolute atomic E-state index is 12.0. The molecule has 0 aliphatic carbocycles. The molecule has 4 nitrogen and oxygen atoms in total. The molecule has 124 valence electrons. The molecule has 0 radical (unpaired) electrons. The molecule has 1 amide bonds. The summed E-state index contributed by atoms with van der Waals surface area (Å²) in [5.74, 6) is -0.0141. The van der Waals surface area contributed by atoms with Gasteiger partial charge in [-0.3, -0.25) is 4.79 Å². The number of rotatable bonds is 4. The molecule has 0 unspecified atom stereocenters. The van der Waals surface area contributed by atoms with Crippen LogP contribution in [0.3, 0.4) is 0 Å². The van der Waals surface area contributed by atoms with Gasteiger partial charge in [-0.15, -0.1) is 12.4 Å². The SMILES string of the molecule is Cl.O=C(Nc1ccc(OCC(F)(F)F)cc1)[C@@H]1CCCCN1. The second-order valence-corrected chi connectivity index (χ2v) is 4.92. The summed E-state index contributed by atoms with van der Waals surface area (Å²) in [6.07, 6.45) is -1.50. The lowest BCUT2D eigenvalue weighted by Crippen LogP contribution is -2.43. The Morgan fingerprint density at radius 1 is 1.27 bits per heavy atom. The molecule has 1 saturated heterocycles. The second-order valence-electron chi connectivity index (χ2n) is 4.92. The van der Waals surface area contributed by atoms with Crippen molar-refractivity contribution in [2.24, 2.45) is 0 Å². The fourth-order valence-electron chi connectivity index (χ4n) is 2.10. The summed E-state index contributed by atoms with van der Waals surface area (Å²) in [4.78, 5) is 12.0. The van der Waals surface area contributed by atoms with Crippen molar-refractivity contribution in [3.05, 3.63) is 24.3 Å². The van der Waals surface area contributed by atoms with Crippen molar-refractivity contribution in [1.29, 1.82) is 0 Å². The molecule has 2 rings (SSSR count). The van der Waals surface area contributed by atoms with Crippen molar-refractivity contribution in [2.75, 3.05) is 18.5 Å². The van der Waals surface area contributed by atoms with Crippen molar-refractivity contribution < 1.29 is 22.7 Å². The first-order chi connectivity index (χ1) is 9.94. The predicted octanol–water partition coefficient (Wildman–Crippen LogP) is 3.13. The zero-order valence-corrected chi connectivity index (χ0v) is 12.6. The van der Waals surface area contributed by atoms with Crippen LogP contribution < -0.4 is 15.4 Å². The molecule has 2 N–H and O–H groups in total. The third-order valence-electron chi connectivity index (χ3n) is 3.15. The van der Waals surface area contributed by atoms with Gasteiger partial charge in [0, 0.05) is 5.69 Å². The van der Waals surface area contributed by atoms with Gasteiger partial charge in [0.25, 0.3) is 0 Å². The van der Waals surface area contributed by atoms with Gasteiger partial charge in [-0.2, -0.15) is 13.2 Å². The van der Waals surface area contributed by atoms with Gasteiger partial charge in [0.15, 0.2) is 6.61 Å². The monoisotopic (exact) mass is 338 g/mol. The average Bonchev–Trinajstić information content (AvgIpc) is 2.46. The van der Waals surface area contributed by atoms with E-state index in [0.29, 0.717) is 5.69 Å². The highest BCUT2D eigenvalue weighted by Gasteiger charge is 2.28. The first-order valence-electron chi connectivity index (χ1n) is 6.78. The molecule has 1 aromatic carbocycles. The average molecular weight is 339 g/mol. The van der Waals surface area contributed by atoms with Gasteiger partial charge in [0.05, 0.1) is 6.04 Å². The van der Waals surface area contributed by atoms with Crippen molar-refractivity contribution in [1.82, 2.24) is 5.32 Å².